The SMILES string of the molecule is c1ccc2c(c1)ccc1ccccc12.c1ccc2c(c1)ccc1ccccc12.c1ccc2c(c1)ccc1ccccc12.c1ccc2c(c1)ccc1ccccc12.c1ccc2c(c1)ccc1ccccc12.c1ccc2c(c1)ccc1ccccc12.c1ccc2ccccc2c1. The summed E-state index contributed by atoms with van der Waals surface area (Å²) in [6.07, 6.45) is 0. The third-order valence-corrected chi connectivity index (χ3v) is 17.6. The molecule has 0 aliphatic carbocycles. The van der Waals surface area contributed by atoms with Gasteiger partial charge in [-0.1, -0.05) is 413 Å². The fraction of sp³-hybridized carbons (Fsp3) is 0. The first-order valence-corrected chi connectivity index (χ1v) is 32.3. The van der Waals surface area contributed by atoms with Gasteiger partial charge in [0, 0.05) is 0 Å². The molecule has 0 radical (unpaired) electrons. The average Bonchev–Trinajstić information content (AvgIpc) is 1.35. The topological polar surface area (TPSA) is 0 Å². The van der Waals surface area contributed by atoms with Crippen molar-refractivity contribution in [3.8, 4) is 0 Å². The molecule has 20 rings (SSSR count). The molecule has 444 valence electrons. The second-order valence-corrected chi connectivity index (χ2v) is 23.4. The van der Waals surface area contributed by atoms with E-state index in [-0.39, 0.29) is 0 Å². The van der Waals surface area contributed by atoms with Gasteiger partial charge in [-0.3, -0.25) is 0 Å². The van der Waals surface area contributed by atoms with Crippen molar-refractivity contribution in [2.45, 2.75) is 0 Å². The lowest BCUT2D eigenvalue weighted by Crippen LogP contribution is -1.75. The smallest absolute Gasteiger partial charge is 0.0105 e. The Morgan fingerprint density at radius 3 is 0.234 bits per heavy atom. The molecular weight excluding hydrogens is 1130 g/mol. The predicted octanol–water partition coefficient (Wildman–Crippen LogP) is 26.8. The minimum Gasteiger partial charge on any atom is -0.0616 e. The van der Waals surface area contributed by atoms with Gasteiger partial charge in [0.25, 0.3) is 0 Å². The lowest BCUT2D eigenvalue weighted by molar-refractivity contribution is 1.75. The molecule has 94 heavy (non-hydrogen) atoms. The van der Waals surface area contributed by atoms with Gasteiger partial charge in [0.05, 0.1) is 0 Å². The molecule has 0 amide bonds. The zero-order valence-electron chi connectivity index (χ0n) is 52.3. The van der Waals surface area contributed by atoms with Crippen molar-refractivity contribution in [1.29, 1.82) is 0 Å². The van der Waals surface area contributed by atoms with Gasteiger partial charge in [-0.2, -0.15) is 0 Å². The Bertz CT molecular complexity index is 4700. The number of rotatable bonds is 0. The first kappa shape index (κ1) is 59.4. The molecule has 0 heterocycles. The second kappa shape index (κ2) is 28.7. The molecule has 0 bridgehead atoms. The van der Waals surface area contributed by atoms with Crippen LogP contribution in [-0.4, -0.2) is 0 Å². The molecule has 0 saturated heterocycles. The van der Waals surface area contributed by atoms with Crippen LogP contribution in [0.1, 0.15) is 0 Å². The predicted molar refractivity (Wildman–Crippen MR) is 413 cm³/mol. The highest BCUT2D eigenvalue weighted by Crippen LogP contribution is 2.30. The van der Waals surface area contributed by atoms with E-state index in [1.165, 1.54) is 140 Å². The van der Waals surface area contributed by atoms with E-state index >= 15 is 0 Å². The van der Waals surface area contributed by atoms with E-state index < -0.39 is 0 Å². The minimum absolute atomic E-state index is 1.31. The average molecular weight is 1200 g/mol. The molecule has 20 aromatic rings. The van der Waals surface area contributed by atoms with E-state index in [0.29, 0.717) is 0 Å². The van der Waals surface area contributed by atoms with Gasteiger partial charge in [0.1, 0.15) is 0 Å². The number of hydrogen-bond donors (Lipinski definition) is 0. The van der Waals surface area contributed by atoms with E-state index in [1.807, 2.05) is 0 Å². The molecule has 0 aliphatic heterocycles. The van der Waals surface area contributed by atoms with Crippen LogP contribution < -0.4 is 0 Å². The second-order valence-electron chi connectivity index (χ2n) is 23.4. The summed E-state index contributed by atoms with van der Waals surface area (Å²) in [4.78, 5) is 0. The molecule has 0 unspecified atom stereocenters. The molecule has 0 atom stereocenters. The van der Waals surface area contributed by atoms with Crippen LogP contribution in [0, 0.1) is 0 Å². The van der Waals surface area contributed by atoms with Gasteiger partial charge in [0.15, 0.2) is 0 Å². The highest BCUT2D eigenvalue weighted by Gasteiger charge is 2.03. The van der Waals surface area contributed by atoms with Gasteiger partial charge < -0.3 is 0 Å². The molecule has 0 nitrogen and oxygen atoms in total. The zero-order chi connectivity index (χ0) is 63.1. The maximum Gasteiger partial charge on any atom is -0.0105 e. The maximum atomic E-state index is 2.18. The molecule has 0 saturated carbocycles. The van der Waals surface area contributed by atoms with Crippen LogP contribution in [0.15, 0.2) is 413 Å². The van der Waals surface area contributed by atoms with Crippen molar-refractivity contribution in [2.24, 2.45) is 0 Å². The molecule has 0 aliphatic rings. The van der Waals surface area contributed by atoms with Crippen LogP contribution in [0.3, 0.4) is 0 Å². The number of fused-ring (bicyclic) bond motifs is 19. The first-order valence-electron chi connectivity index (χ1n) is 32.3. The van der Waals surface area contributed by atoms with Crippen LogP contribution in [-0.2, 0) is 0 Å². The minimum atomic E-state index is 1.31. The van der Waals surface area contributed by atoms with Gasteiger partial charge in [-0.15, -0.1) is 0 Å². The van der Waals surface area contributed by atoms with Crippen LogP contribution in [0.25, 0.3) is 140 Å². The van der Waals surface area contributed by atoms with E-state index in [1.54, 1.807) is 0 Å². The van der Waals surface area contributed by atoms with Crippen molar-refractivity contribution in [1.82, 2.24) is 0 Å². The van der Waals surface area contributed by atoms with E-state index in [9.17, 15) is 0 Å². The summed E-state index contributed by atoms with van der Waals surface area (Å²) in [5.41, 5.74) is 0. The Kier molecular flexibility index (Phi) is 18.2. The van der Waals surface area contributed by atoms with E-state index in [2.05, 4.69) is 413 Å². The molecular formula is C94H68. The number of hydrogen-bond acceptors (Lipinski definition) is 0. The lowest BCUT2D eigenvalue weighted by atomic mass is 10.0. The Morgan fingerprint density at radius 1 is 0.0638 bits per heavy atom. The quantitative estimate of drug-likeness (QED) is 0.133. The Morgan fingerprint density at radius 2 is 0.138 bits per heavy atom. The van der Waals surface area contributed by atoms with Gasteiger partial charge in [-0.05, 0) is 140 Å². The normalized spacial score (nSPS) is 10.8. The Balaban J connectivity index is 0.0000000949. The summed E-state index contributed by atoms with van der Waals surface area (Å²) in [5.74, 6) is 0. The maximum absolute atomic E-state index is 2.18. The van der Waals surface area contributed by atoms with Crippen molar-refractivity contribution in [2.75, 3.05) is 0 Å². The molecule has 0 spiro atoms. The zero-order valence-corrected chi connectivity index (χ0v) is 52.3. The summed E-state index contributed by atoms with van der Waals surface area (Å²) in [6, 6.07) is 145. The van der Waals surface area contributed by atoms with Gasteiger partial charge in [0.2, 0.25) is 0 Å². The molecule has 0 fully saturated rings. The third-order valence-electron chi connectivity index (χ3n) is 17.6. The molecule has 20 aromatic carbocycles. The summed E-state index contributed by atoms with van der Waals surface area (Å²) in [5, 5.41) is 34.4. The Hall–Kier alpha value is -12.2. The fourth-order valence-corrected chi connectivity index (χ4v) is 12.9. The van der Waals surface area contributed by atoms with Crippen molar-refractivity contribution < 1.29 is 0 Å². The molecule has 0 heteroatoms. The van der Waals surface area contributed by atoms with E-state index in [0.717, 1.165) is 0 Å². The van der Waals surface area contributed by atoms with Crippen LogP contribution in [0.4, 0.5) is 0 Å². The monoisotopic (exact) mass is 1200 g/mol. The standard InChI is InChI=1S/6C14H10.C10H8/c6*1-3-7-13-11(5-1)9-10-12-6-2-4-8-14(12)13;1-2-6-10-8-4-3-7-9(10)5-1/h6*1-10H;1-8H. The highest BCUT2D eigenvalue weighted by molar-refractivity contribution is 6.12. The van der Waals surface area contributed by atoms with Crippen molar-refractivity contribution in [3.63, 3.8) is 0 Å². The largest absolute Gasteiger partial charge is 0.0616 e. The van der Waals surface area contributed by atoms with Crippen LogP contribution in [0.5, 0.6) is 0 Å². The first-order chi connectivity index (χ1) is 46.7. The fourth-order valence-electron chi connectivity index (χ4n) is 12.9. The molecule has 0 N–H and O–H groups in total. The summed E-state index contributed by atoms with van der Waals surface area (Å²) >= 11 is 0. The van der Waals surface area contributed by atoms with Gasteiger partial charge in [-0.25, -0.2) is 0 Å². The van der Waals surface area contributed by atoms with Crippen molar-refractivity contribution in [3.05, 3.63) is 413 Å². The third kappa shape index (κ3) is 13.5. The Labute approximate surface area is 549 Å². The van der Waals surface area contributed by atoms with Crippen LogP contribution >= 0.6 is 0 Å². The number of benzene rings is 20. The van der Waals surface area contributed by atoms with E-state index in [4.69, 9.17) is 0 Å². The highest BCUT2D eigenvalue weighted by atomic mass is 14.1. The summed E-state index contributed by atoms with van der Waals surface area (Å²) in [7, 11) is 0. The summed E-state index contributed by atoms with van der Waals surface area (Å²) in [6.45, 7) is 0. The van der Waals surface area contributed by atoms with Crippen molar-refractivity contribution >= 4 is 140 Å². The van der Waals surface area contributed by atoms with Crippen LogP contribution in [0.2, 0.25) is 0 Å². The summed E-state index contributed by atoms with van der Waals surface area (Å²) < 4.78 is 0. The van der Waals surface area contributed by atoms with Gasteiger partial charge >= 0.3 is 0 Å². The lowest BCUT2D eigenvalue weighted by Gasteiger charge is -2.02. The molecule has 0 aromatic heterocycles.